The Bertz CT molecular complexity index is 266. The van der Waals surface area contributed by atoms with Gasteiger partial charge in [0.25, 0.3) is 0 Å². The van der Waals surface area contributed by atoms with E-state index in [4.69, 9.17) is 5.26 Å². The van der Waals surface area contributed by atoms with E-state index in [1.54, 1.807) is 0 Å². The summed E-state index contributed by atoms with van der Waals surface area (Å²) < 4.78 is 0. The zero-order chi connectivity index (χ0) is 18.3. The molecule has 0 amide bonds. The van der Waals surface area contributed by atoms with Crippen molar-refractivity contribution in [3.63, 3.8) is 0 Å². The lowest BCUT2D eigenvalue weighted by Crippen LogP contribution is -1.84. The highest BCUT2D eigenvalue weighted by Crippen LogP contribution is 2.15. The van der Waals surface area contributed by atoms with Gasteiger partial charge in [0, 0.05) is 6.42 Å². The maximum Gasteiger partial charge on any atom is 0.0621 e. The number of nitrogens with zero attached hydrogens (tertiary/aromatic N) is 1. The fourth-order valence-corrected chi connectivity index (χ4v) is 3.64. The minimum atomic E-state index is 0.749. The minimum absolute atomic E-state index is 0.749. The predicted molar refractivity (Wildman–Crippen MR) is 113 cm³/mol. The molecule has 0 radical (unpaired) electrons. The third-order valence-corrected chi connectivity index (χ3v) is 5.39. The van der Waals surface area contributed by atoms with Gasteiger partial charge >= 0.3 is 0 Å². The van der Waals surface area contributed by atoms with Gasteiger partial charge < -0.3 is 0 Å². The second-order valence-electron chi connectivity index (χ2n) is 7.98. The van der Waals surface area contributed by atoms with Crippen LogP contribution >= 0.6 is 0 Å². The van der Waals surface area contributed by atoms with Crippen molar-refractivity contribution in [2.75, 3.05) is 0 Å². The fraction of sp³-hybridized carbons (Fsp3) is 0.958. The van der Waals surface area contributed by atoms with Crippen molar-refractivity contribution in [1.82, 2.24) is 0 Å². The molecule has 0 aliphatic heterocycles. The molecule has 0 saturated heterocycles. The van der Waals surface area contributed by atoms with Crippen LogP contribution in [0.4, 0.5) is 0 Å². The molecule has 0 aliphatic carbocycles. The Morgan fingerprint density at radius 2 is 0.640 bits per heavy atom. The van der Waals surface area contributed by atoms with Crippen LogP contribution in [-0.4, -0.2) is 0 Å². The minimum Gasteiger partial charge on any atom is -0.198 e. The van der Waals surface area contributed by atoms with Crippen molar-refractivity contribution < 1.29 is 0 Å². The monoisotopic (exact) mass is 349 g/mol. The first-order chi connectivity index (χ1) is 12.4. The van der Waals surface area contributed by atoms with E-state index in [1.165, 1.54) is 128 Å². The molecule has 148 valence electrons. The molecule has 1 heteroatoms. The van der Waals surface area contributed by atoms with Gasteiger partial charge in [0.15, 0.2) is 0 Å². The largest absolute Gasteiger partial charge is 0.198 e. The lowest BCUT2D eigenvalue weighted by atomic mass is 10.0. The molecule has 0 aliphatic rings. The van der Waals surface area contributed by atoms with E-state index in [0.717, 1.165) is 12.8 Å². The van der Waals surface area contributed by atoms with Crippen LogP contribution in [0.3, 0.4) is 0 Å². The number of nitriles is 1. The molecule has 0 bridgehead atoms. The summed E-state index contributed by atoms with van der Waals surface area (Å²) in [6.07, 6.45) is 30.5. The normalized spacial score (nSPS) is 10.9. The smallest absolute Gasteiger partial charge is 0.0621 e. The van der Waals surface area contributed by atoms with E-state index in [0.29, 0.717) is 0 Å². The molecule has 1 nitrogen and oxygen atoms in total. The standard InChI is InChI=1S/C24H47N/c1-2-3-4-5-6-7-8-9-10-11-12-13-14-15-16-17-18-19-20-21-22-23-24-25/h2-23H2,1H3. The van der Waals surface area contributed by atoms with E-state index >= 15 is 0 Å². The highest BCUT2D eigenvalue weighted by Gasteiger charge is 1.95. The topological polar surface area (TPSA) is 23.8 Å². The Hall–Kier alpha value is -0.510. The SMILES string of the molecule is CCCCCCCCCCCCCCCCCCCCCCCC#N. The summed E-state index contributed by atoms with van der Waals surface area (Å²) in [5.74, 6) is 0. The summed E-state index contributed by atoms with van der Waals surface area (Å²) in [5.41, 5.74) is 0. The lowest BCUT2D eigenvalue weighted by Gasteiger charge is -2.04. The molecule has 0 aromatic rings. The van der Waals surface area contributed by atoms with Gasteiger partial charge in [-0.1, -0.05) is 135 Å². The summed E-state index contributed by atoms with van der Waals surface area (Å²) in [6, 6.07) is 2.23. The maximum absolute atomic E-state index is 8.47. The summed E-state index contributed by atoms with van der Waals surface area (Å²) >= 11 is 0. The average Bonchev–Trinajstić information content (AvgIpc) is 2.63. The van der Waals surface area contributed by atoms with Gasteiger partial charge in [0.2, 0.25) is 0 Å². The summed E-state index contributed by atoms with van der Waals surface area (Å²) in [7, 11) is 0. The molecule has 0 spiro atoms. The van der Waals surface area contributed by atoms with Crippen LogP contribution in [0.5, 0.6) is 0 Å². The Balaban J connectivity index is 2.95. The molecule has 0 rings (SSSR count). The molecular weight excluding hydrogens is 302 g/mol. The molecule has 0 N–H and O–H groups in total. The molecule has 0 atom stereocenters. The first kappa shape index (κ1) is 24.5. The van der Waals surface area contributed by atoms with Crippen molar-refractivity contribution >= 4 is 0 Å². The van der Waals surface area contributed by atoms with Gasteiger partial charge in [-0.25, -0.2) is 0 Å². The van der Waals surface area contributed by atoms with Crippen molar-refractivity contribution in [2.24, 2.45) is 0 Å². The Kier molecular flexibility index (Phi) is 23.0. The maximum atomic E-state index is 8.47. The Morgan fingerprint density at radius 1 is 0.400 bits per heavy atom. The highest BCUT2D eigenvalue weighted by atomic mass is 14.2. The molecule has 0 unspecified atom stereocenters. The lowest BCUT2D eigenvalue weighted by molar-refractivity contribution is 0.520. The zero-order valence-electron chi connectivity index (χ0n) is 17.5. The van der Waals surface area contributed by atoms with Crippen LogP contribution < -0.4 is 0 Å². The first-order valence-corrected chi connectivity index (χ1v) is 11.8. The first-order valence-electron chi connectivity index (χ1n) is 11.8. The van der Waals surface area contributed by atoms with Crippen LogP contribution in [0, 0.1) is 11.3 Å². The van der Waals surface area contributed by atoms with E-state index < -0.39 is 0 Å². The van der Waals surface area contributed by atoms with E-state index in [-0.39, 0.29) is 0 Å². The highest BCUT2D eigenvalue weighted by molar-refractivity contribution is 4.67. The molecule has 0 heterocycles. The third kappa shape index (κ3) is 23.5. The van der Waals surface area contributed by atoms with Gasteiger partial charge in [-0.3, -0.25) is 0 Å². The predicted octanol–water partition coefficient (Wildman–Crippen LogP) is 9.11. The van der Waals surface area contributed by atoms with Crippen molar-refractivity contribution in [3.8, 4) is 6.07 Å². The van der Waals surface area contributed by atoms with Crippen LogP contribution in [0.25, 0.3) is 0 Å². The van der Waals surface area contributed by atoms with Crippen molar-refractivity contribution in [2.45, 2.75) is 148 Å². The van der Waals surface area contributed by atoms with Gasteiger partial charge in [0.1, 0.15) is 0 Å². The molecular formula is C24H47N. The quantitative estimate of drug-likeness (QED) is 0.189. The molecule has 0 fully saturated rings. The summed E-state index contributed by atoms with van der Waals surface area (Å²) in [4.78, 5) is 0. The summed E-state index contributed by atoms with van der Waals surface area (Å²) in [5, 5.41) is 8.47. The Labute approximate surface area is 160 Å². The van der Waals surface area contributed by atoms with E-state index in [9.17, 15) is 0 Å². The van der Waals surface area contributed by atoms with Gasteiger partial charge in [-0.2, -0.15) is 5.26 Å². The van der Waals surface area contributed by atoms with Crippen LogP contribution in [0.15, 0.2) is 0 Å². The zero-order valence-corrected chi connectivity index (χ0v) is 17.5. The fourth-order valence-electron chi connectivity index (χ4n) is 3.64. The second-order valence-corrected chi connectivity index (χ2v) is 7.98. The third-order valence-electron chi connectivity index (χ3n) is 5.39. The second kappa shape index (κ2) is 23.5. The number of rotatable bonds is 21. The van der Waals surface area contributed by atoms with Crippen LogP contribution in [0.2, 0.25) is 0 Å². The molecule has 25 heavy (non-hydrogen) atoms. The molecule has 0 aromatic carbocycles. The summed E-state index contributed by atoms with van der Waals surface area (Å²) in [6.45, 7) is 2.29. The van der Waals surface area contributed by atoms with Crippen LogP contribution in [-0.2, 0) is 0 Å². The number of hydrogen-bond acceptors (Lipinski definition) is 1. The number of hydrogen-bond donors (Lipinski definition) is 0. The van der Waals surface area contributed by atoms with Crippen LogP contribution in [0.1, 0.15) is 148 Å². The van der Waals surface area contributed by atoms with Gasteiger partial charge in [0.05, 0.1) is 6.07 Å². The molecule has 0 saturated carbocycles. The Morgan fingerprint density at radius 3 is 0.880 bits per heavy atom. The molecule has 0 aromatic heterocycles. The van der Waals surface area contributed by atoms with Gasteiger partial charge in [-0.15, -0.1) is 0 Å². The van der Waals surface area contributed by atoms with Crippen molar-refractivity contribution in [1.29, 1.82) is 5.26 Å². The van der Waals surface area contributed by atoms with E-state index in [2.05, 4.69) is 13.0 Å². The van der Waals surface area contributed by atoms with Gasteiger partial charge in [-0.05, 0) is 6.42 Å². The van der Waals surface area contributed by atoms with Crippen molar-refractivity contribution in [3.05, 3.63) is 0 Å². The average molecular weight is 350 g/mol. The van der Waals surface area contributed by atoms with E-state index in [1.807, 2.05) is 0 Å². The number of unbranched alkanes of at least 4 members (excludes halogenated alkanes) is 21.